The lowest BCUT2D eigenvalue weighted by molar-refractivity contribution is 0.593. The Bertz CT molecular complexity index is 488. The highest BCUT2D eigenvalue weighted by atomic mass is 35.5. The second kappa shape index (κ2) is 5.37. The van der Waals surface area contributed by atoms with Crippen LogP contribution >= 0.6 is 11.6 Å². The topological polar surface area (TPSA) is 17.8 Å². The first-order valence-corrected chi connectivity index (χ1v) is 6.38. The van der Waals surface area contributed by atoms with Gasteiger partial charge in [0.25, 0.3) is 0 Å². The van der Waals surface area contributed by atoms with Crippen molar-refractivity contribution in [2.75, 3.05) is 0 Å². The minimum Gasteiger partial charge on any atom is -0.269 e. The average Bonchev–Trinajstić information content (AvgIpc) is 2.63. The van der Waals surface area contributed by atoms with Gasteiger partial charge in [0.15, 0.2) is 0 Å². The molecule has 3 heteroatoms. The van der Waals surface area contributed by atoms with Crippen molar-refractivity contribution < 1.29 is 0 Å². The molecule has 0 saturated carbocycles. The lowest BCUT2D eigenvalue weighted by Gasteiger charge is -2.05. The van der Waals surface area contributed by atoms with E-state index < -0.39 is 0 Å². The molecule has 0 N–H and O–H groups in total. The van der Waals surface area contributed by atoms with Gasteiger partial charge >= 0.3 is 0 Å². The maximum Gasteiger partial charge on any atom is 0.0640 e. The van der Waals surface area contributed by atoms with Crippen molar-refractivity contribution in [3.63, 3.8) is 0 Å². The van der Waals surface area contributed by atoms with Gasteiger partial charge in [0, 0.05) is 17.8 Å². The van der Waals surface area contributed by atoms with Gasteiger partial charge < -0.3 is 0 Å². The molecule has 90 valence electrons. The minimum atomic E-state index is 0.545. The van der Waals surface area contributed by atoms with E-state index in [0.717, 1.165) is 18.7 Å². The Morgan fingerprint density at radius 1 is 1.18 bits per heavy atom. The molecule has 17 heavy (non-hydrogen) atoms. The van der Waals surface area contributed by atoms with Crippen LogP contribution < -0.4 is 0 Å². The molecule has 1 aromatic heterocycles. The van der Waals surface area contributed by atoms with Crippen LogP contribution in [-0.4, -0.2) is 9.78 Å². The maximum atomic E-state index is 5.91. The van der Waals surface area contributed by atoms with E-state index in [1.54, 1.807) is 0 Å². The summed E-state index contributed by atoms with van der Waals surface area (Å²) < 4.78 is 2.06. The summed E-state index contributed by atoms with van der Waals surface area (Å²) in [7, 11) is 0. The summed E-state index contributed by atoms with van der Waals surface area (Å²) in [5, 5.41) is 4.53. The van der Waals surface area contributed by atoms with Crippen LogP contribution in [0.2, 0.25) is 0 Å². The Morgan fingerprint density at radius 2 is 1.88 bits per heavy atom. The highest BCUT2D eigenvalue weighted by Gasteiger charge is 2.09. The lowest BCUT2D eigenvalue weighted by Crippen LogP contribution is -2.05. The molecule has 0 atom stereocenters. The molecular weight excluding hydrogens is 232 g/mol. The molecule has 1 heterocycles. The fraction of sp³-hybridized carbons (Fsp3) is 0.357. The monoisotopic (exact) mass is 248 g/mol. The number of benzene rings is 1. The number of aromatic nitrogens is 2. The summed E-state index contributed by atoms with van der Waals surface area (Å²) in [6.07, 6.45) is 1.00. The highest BCUT2D eigenvalue weighted by Crippen LogP contribution is 2.15. The smallest absolute Gasteiger partial charge is 0.0640 e. The summed E-state index contributed by atoms with van der Waals surface area (Å²) >= 11 is 5.91. The zero-order chi connectivity index (χ0) is 12.3. The van der Waals surface area contributed by atoms with E-state index in [0.29, 0.717) is 5.88 Å². The number of halogens is 1. The average molecular weight is 249 g/mol. The van der Waals surface area contributed by atoms with Gasteiger partial charge in [-0.15, -0.1) is 11.6 Å². The second-order valence-corrected chi connectivity index (χ2v) is 4.51. The van der Waals surface area contributed by atoms with Crippen molar-refractivity contribution in [3.05, 3.63) is 52.8 Å². The summed E-state index contributed by atoms with van der Waals surface area (Å²) in [5.74, 6) is 0.545. The van der Waals surface area contributed by atoms with Gasteiger partial charge in [0.05, 0.1) is 11.6 Å². The van der Waals surface area contributed by atoms with Crippen molar-refractivity contribution in [2.45, 2.75) is 32.7 Å². The quantitative estimate of drug-likeness (QED) is 0.758. The largest absolute Gasteiger partial charge is 0.269 e. The van der Waals surface area contributed by atoms with Crippen LogP contribution in [0.1, 0.15) is 22.5 Å². The number of hydrogen-bond donors (Lipinski definition) is 0. The van der Waals surface area contributed by atoms with Gasteiger partial charge in [-0.25, -0.2) is 0 Å². The zero-order valence-electron chi connectivity index (χ0n) is 10.3. The van der Waals surface area contributed by atoms with E-state index in [2.05, 4.69) is 41.0 Å². The first-order chi connectivity index (χ1) is 8.22. The number of rotatable bonds is 4. The Balaban J connectivity index is 2.10. The fourth-order valence-corrected chi connectivity index (χ4v) is 2.41. The van der Waals surface area contributed by atoms with E-state index in [1.165, 1.54) is 16.8 Å². The Labute approximate surface area is 107 Å². The van der Waals surface area contributed by atoms with Crippen LogP contribution in [0.3, 0.4) is 0 Å². The van der Waals surface area contributed by atoms with Gasteiger partial charge in [-0.05, 0) is 25.8 Å². The predicted molar refractivity (Wildman–Crippen MR) is 71.4 cm³/mol. The Hall–Kier alpha value is -1.28. The molecule has 0 aliphatic rings. The molecular formula is C14H17ClN2. The molecule has 0 spiro atoms. The van der Waals surface area contributed by atoms with Gasteiger partial charge in [-0.3, -0.25) is 4.68 Å². The molecule has 0 fully saturated rings. The van der Waals surface area contributed by atoms with E-state index in [9.17, 15) is 0 Å². The van der Waals surface area contributed by atoms with Gasteiger partial charge in [-0.2, -0.15) is 5.10 Å². The Kier molecular flexibility index (Phi) is 3.85. The third-order valence-corrected chi connectivity index (χ3v) is 3.39. The molecule has 1 aromatic carbocycles. The third kappa shape index (κ3) is 2.70. The molecule has 2 aromatic rings. The second-order valence-electron chi connectivity index (χ2n) is 4.24. The van der Waals surface area contributed by atoms with E-state index in [4.69, 9.17) is 11.6 Å². The van der Waals surface area contributed by atoms with Crippen LogP contribution in [0.15, 0.2) is 30.3 Å². The number of aryl methyl sites for hydroxylation is 3. The molecule has 2 rings (SSSR count). The lowest BCUT2D eigenvalue weighted by atomic mass is 10.1. The van der Waals surface area contributed by atoms with Crippen LogP contribution in [0, 0.1) is 13.8 Å². The van der Waals surface area contributed by atoms with E-state index in [-0.39, 0.29) is 0 Å². The van der Waals surface area contributed by atoms with Gasteiger partial charge in [0.2, 0.25) is 0 Å². The first kappa shape index (κ1) is 12.2. The number of nitrogens with zero attached hydrogens (tertiary/aromatic N) is 2. The van der Waals surface area contributed by atoms with Crippen molar-refractivity contribution in [1.29, 1.82) is 0 Å². The molecule has 0 aliphatic carbocycles. The highest BCUT2D eigenvalue weighted by molar-refractivity contribution is 6.17. The van der Waals surface area contributed by atoms with Crippen molar-refractivity contribution in [1.82, 2.24) is 9.78 Å². The van der Waals surface area contributed by atoms with E-state index >= 15 is 0 Å². The Morgan fingerprint density at radius 3 is 2.47 bits per heavy atom. The van der Waals surface area contributed by atoms with Crippen LogP contribution in [0.5, 0.6) is 0 Å². The molecule has 0 bridgehead atoms. The molecule has 2 nitrogen and oxygen atoms in total. The summed E-state index contributed by atoms with van der Waals surface area (Å²) in [6, 6.07) is 10.5. The summed E-state index contributed by atoms with van der Waals surface area (Å²) in [5.41, 5.74) is 4.74. The fourth-order valence-electron chi connectivity index (χ4n) is 2.02. The first-order valence-electron chi connectivity index (χ1n) is 5.85. The predicted octanol–water partition coefficient (Wildman–Crippen LogP) is 3.48. The maximum absolute atomic E-state index is 5.91. The molecule has 0 aliphatic heterocycles. The van der Waals surface area contributed by atoms with Gasteiger partial charge in [0.1, 0.15) is 0 Å². The summed E-state index contributed by atoms with van der Waals surface area (Å²) in [6.45, 7) is 5.01. The number of hydrogen-bond acceptors (Lipinski definition) is 1. The zero-order valence-corrected chi connectivity index (χ0v) is 11.0. The SMILES string of the molecule is Cc1nn(CCc2ccccc2)c(C)c1CCl. The number of alkyl halides is 1. The standard InChI is InChI=1S/C14H17ClN2/c1-11-14(10-15)12(2)17(16-11)9-8-13-6-4-3-5-7-13/h3-7H,8-10H2,1-2H3. The molecule has 0 radical (unpaired) electrons. The van der Waals surface area contributed by atoms with Crippen LogP contribution in [0.4, 0.5) is 0 Å². The van der Waals surface area contributed by atoms with Crippen molar-refractivity contribution in [3.8, 4) is 0 Å². The molecule has 0 amide bonds. The normalized spacial score (nSPS) is 10.8. The third-order valence-electron chi connectivity index (χ3n) is 3.12. The van der Waals surface area contributed by atoms with Crippen molar-refractivity contribution >= 4 is 11.6 Å². The van der Waals surface area contributed by atoms with Crippen molar-refractivity contribution in [2.24, 2.45) is 0 Å². The summed E-state index contributed by atoms with van der Waals surface area (Å²) in [4.78, 5) is 0. The van der Waals surface area contributed by atoms with E-state index in [1.807, 2.05) is 13.0 Å². The minimum absolute atomic E-state index is 0.545. The van der Waals surface area contributed by atoms with Crippen LogP contribution in [0.25, 0.3) is 0 Å². The molecule has 0 saturated heterocycles. The van der Waals surface area contributed by atoms with Gasteiger partial charge in [-0.1, -0.05) is 30.3 Å². The molecule has 0 unspecified atom stereocenters. The van der Waals surface area contributed by atoms with Crippen LogP contribution in [-0.2, 0) is 18.8 Å².